The Balaban J connectivity index is 1.86. The van der Waals surface area contributed by atoms with Crippen molar-refractivity contribution in [2.75, 3.05) is 56.6 Å². The lowest BCUT2D eigenvalue weighted by molar-refractivity contribution is 0.0392. The molecule has 100 valence electrons. The summed E-state index contributed by atoms with van der Waals surface area (Å²) in [6.45, 7) is 9.21. The average Bonchev–Trinajstić information content (AvgIpc) is 2.42. The van der Waals surface area contributed by atoms with E-state index in [1.807, 2.05) is 12.1 Å². The first kappa shape index (κ1) is 13.2. The average molecular weight is 249 g/mol. The predicted octanol–water partition coefficient (Wildman–Crippen LogP) is 1.43. The van der Waals surface area contributed by atoms with Gasteiger partial charge in [-0.15, -0.1) is 0 Å². The van der Waals surface area contributed by atoms with Gasteiger partial charge in [0.05, 0.1) is 13.2 Å². The van der Waals surface area contributed by atoms with Crippen LogP contribution in [0.4, 0.5) is 11.4 Å². The van der Waals surface area contributed by atoms with Gasteiger partial charge in [0.1, 0.15) is 0 Å². The van der Waals surface area contributed by atoms with Crippen molar-refractivity contribution in [1.29, 1.82) is 0 Å². The summed E-state index contributed by atoms with van der Waals surface area (Å²) in [6.07, 6.45) is 0. The monoisotopic (exact) mass is 249 g/mol. The summed E-state index contributed by atoms with van der Waals surface area (Å²) < 4.78 is 5.36. The third-order valence-electron chi connectivity index (χ3n) is 3.43. The van der Waals surface area contributed by atoms with E-state index in [0.717, 1.165) is 51.6 Å². The zero-order chi connectivity index (χ0) is 12.8. The SMILES string of the molecule is CCN(CCN1CCOCC1)c1ccc(N)cc1. The van der Waals surface area contributed by atoms with Crippen LogP contribution in [0.5, 0.6) is 0 Å². The number of nitrogen functional groups attached to an aromatic ring is 1. The first-order valence-corrected chi connectivity index (χ1v) is 6.70. The van der Waals surface area contributed by atoms with Gasteiger partial charge in [-0.1, -0.05) is 0 Å². The van der Waals surface area contributed by atoms with Gasteiger partial charge in [-0.2, -0.15) is 0 Å². The van der Waals surface area contributed by atoms with Crippen molar-refractivity contribution in [3.05, 3.63) is 24.3 Å². The Hall–Kier alpha value is -1.26. The minimum Gasteiger partial charge on any atom is -0.399 e. The first-order chi connectivity index (χ1) is 8.79. The Morgan fingerprint density at radius 2 is 1.89 bits per heavy atom. The van der Waals surface area contributed by atoms with Gasteiger partial charge in [0, 0.05) is 44.1 Å². The Labute approximate surface area is 109 Å². The predicted molar refractivity (Wildman–Crippen MR) is 76.0 cm³/mol. The standard InChI is InChI=1S/C14H23N3O/c1-2-17(14-5-3-13(15)4-6-14)8-7-16-9-11-18-12-10-16/h3-6H,2,7-12,15H2,1H3. The van der Waals surface area contributed by atoms with E-state index in [4.69, 9.17) is 10.5 Å². The van der Waals surface area contributed by atoms with Crippen LogP contribution in [0.25, 0.3) is 0 Å². The van der Waals surface area contributed by atoms with E-state index in [2.05, 4.69) is 28.9 Å². The number of anilines is 2. The molecular formula is C14H23N3O. The maximum atomic E-state index is 5.72. The topological polar surface area (TPSA) is 41.7 Å². The highest BCUT2D eigenvalue weighted by molar-refractivity contribution is 5.53. The van der Waals surface area contributed by atoms with Crippen molar-refractivity contribution < 1.29 is 4.74 Å². The molecule has 1 heterocycles. The van der Waals surface area contributed by atoms with E-state index in [0.29, 0.717) is 0 Å². The van der Waals surface area contributed by atoms with Crippen LogP contribution in [0.3, 0.4) is 0 Å². The molecule has 1 aliphatic rings. The highest BCUT2D eigenvalue weighted by Gasteiger charge is 2.11. The van der Waals surface area contributed by atoms with Crippen LogP contribution >= 0.6 is 0 Å². The van der Waals surface area contributed by atoms with Crippen molar-refractivity contribution in [3.63, 3.8) is 0 Å². The Kier molecular flexibility index (Phi) is 4.84. The quantitative estimate of drug-likeness (QED) is 0.802. The molecule has 1 aromatic rings. The summed E-state index contributed by atoms with van der Waals surface area (Å²) in [5.74, 6) is 0. The maximum absolute atomic E-state index is 5.72. The Morgan fingerprint density at radius 3 is 2.50 bits per heavy atom. The van der Waals surface area contributed by atoms with Crippen LogP contribution in [0, 0.1) is 0 Å². The molecule has 1 aliphatic heterocycles. The lowest BCUT2D eigenvalue weighted by Gasteiger charge is -2.30. The van der Waals surface area contributed by atoms with Crippen molar-refractivity contribution in [1.82, 2.24) is 4.90 Å². The van der Waals surface area contributed by atoms with E-state index < -0.39 is 0 Å². The van der Waals surface area contributed by atoms with Gasteiger partial charge in [-0.25, -0.2) is 0 Å². The molecule has 0 spiro atoms. The van der Waals surface area contributed by atoms with Gasteiger partial charge in [-0.3, -0.25) is 4.90 Å². The second-order valence-electron chi connectivity index (χ2n) is 4.63. The molecule has 0 atom stereocenters. The van der Waals surface area contributed by atoms with Crippen molar-refractivity contribution in [2.45, 2.75) is 6.92 Å². The summed E-state index contributed by atoms with van der Waals surface area (Å²) in [7, 11) is 0. The van der Waals surface area contributed by atoms with Gasteiger partial charge >= 0.3 is 0 Å². The molecule has 2 N–H and O–H groups in total. The fourth-order valence-corrected chi connectivity index (χ4v) is 2.24. The number of hydrogen-bond acceptors (Lipinski definition) is 4. The molecule has 4 nitrogen and oxygen atoms in total. The van der Waals surface area contributed by atoms with E-state index in [9.17, 15) is 0 Å². The summed E-state index contributed by atoms with van der Waals surface area (Å²) in [4.78, 5) is 4.85. The summed E-state index contributed by atoms with van der Waals surface area (Å²) >= 11 is 0. The zero-order valence-corrected chi connectivity index (χ0v) is 11.1. The van der Waals surface area contributed by atoms with Crippen LogP contribution in [0.2, 0.25) is 0 Å². The smallest absolute Gasteiger partial charge is 0.0594 e. The number of nitrogens with two attached hydrogens (primary N) is 1. The van der Waals surface area contributed by atoms with Crippen LogP contribution < -0.4 is 10.6 Å². The van der Waals surface area contributed by atoms with Crippen LogP contribution in [-0.2, 0) is 4.74 Å². The largest absolute Gasteiger partial charge is 0.399 e. The number of hydrogen-bond donors (Lipinski definition) is 1. The summed E-state index contributed by atoms with van der Waals surface area (Å²) in [6, 6.07) is 8.12. The molecule has 1 aromatic carbocycles. The van der Waals surface area contributed by atoms with Gasteiger partial charge in [-0.05, 0) is 31.2 Å². The van der Waals surface area contributed by atoms with Crippen LogP contribution in [0.1, 0.15) is 6.92 Å². The number of morpholine rings is 1. The molecule has 0 bridgehead atoms. The van der Waals surface area contributed by atoms with Gasteiger partial charge in [0.15, 0.2) is 0 Å². The lowest BCUT2D eigenvalue weighted by Crippen LogP contribution is -2.41. The highest BCUT2D eigenvalue weighted by Crippen LogP contribution is 2.16. The third-order valence-corrected chi connectivity index (χ3v) is 3.43. The molecule has 0 radical (unpaired) electrons. The molecular weight excluding hydrogens is 226 g/mol. The molecule has 0 unspecified atom stereocenters. The molecule has 0 amide bonds. The van der Waals surface area contributed by atoms with E-state index in [-0.39, 0.29) is 0 Å². The Morgan fingerprint density at radius 1 is 1.22 bits per heavy atom. The van der Waals surface area contributed by atoms with Crippen LogP contribution in [0.15, 0.2) is 24.3 Å². The van der Waals surface area contributed by atoms with E-state index in [1.165, 1.54) is 5.69 Å². The summed E-state index contributed by atoms with van der Waals surface area (Å²) in [5, 5.41) is 0. The van der Waals surface area contributed by atoms with Crippen molar-refractivity contribution in [2.24, 2.45) is 0 Å². The number of nitrogens with zero attached hydrogens (tertiary/aromatic N) is 2. The number of likely N-dealkylation sites (N-methyl/N-ethyl adjacent to an activating group) is 1. The number of ether oxygens (including phenoxy) is 1. The van der Waals surface area contributed by atoms with Gasteiger partial charge < -0.3 is 15.4 Å². The zero-order valence-electron chi connectivity index (χ0n) is 11.1. The minimum atomic E-state index is 0.822. The van der Waals surface area contributed by atoms with E-state index >= 15 is 0 Å². The molecule has 0 aliphatic carbocycles. The van der Waals surface area contributed by atoms with Gasteiger partial charge in [0.2, 0.25) is 0 Å². The lowest BCUT2D eigenvalue weighted by atomic mass is 10.2. The summed E-state index contributed by atoms with van der Waals surface area (Å²) in [5.41, 5.74) is 7.79. The minimum absolute atomic E-state index is 0.822. The molecule has 1 saturated heterocycles. The van der Waals surface area contributed by atoms with Crippen molar-refractivity contribution >= 4 is 11.4 Å². The second kappa shape index (κ2) is 6.61. The molecule has 0 saturated carbocycles. The normalized spacial score (nSPS) is 16.7. The molecule has 4 heteroatoms. The molecule has 18 heavy (non-hydrogen) atoms. The fraction of sp³-hybridized carbons (Fsp3) is 0.571. The van der Waals surface area contributed by atoms with Gasteiger partial charge in [0.25, 0.3) is 0 Å². The molecule has 1 fully saturated rings. The number of rotatable bonds is 5. The van der Waals surface area contributed by atoms with Crippen LogP contribution in [-0.4, -0.2) is 50.8 Å². The first-order valence-electron chi connectivity index (χ1n) is 6.70. The highest BCUT2D eigenvalue weighted by atomic mass is 16.5. The third kappa shape index (κ3) is 3.62. The Bertz CT molecular complexity index is 347. The number of benzene rings is 1. The van der Waals surface area contributed by atoms with Crippen molar-refractivity contribution in [3.8, 4) is 0 Å². The van der Waals surface area contributed by atoms with E-state index in [1.54, 1.807) is 0 Å². The molecule has 0 aromatic heterocycles. The fourth-order valence-electron chi connectivity index (χ4n) is 2.24. The molecule has 2 rings (SSSR count). The second-order valence-corrected chi connectivity index (χ2v) is 4.63. The maximum Gasteiger partial charge on any atom is 0.0594 e.